The van der Waals surface area contributed by atoms with Gasteiger partial charge in [-0.25, -0.2) is 9.18 Å². The third-order valence-electron chi connectivity index (χ3n) is 2.99. The number of anilines is 1. The van der Waals surface area contributed by atoms with Crippen LogP contribution in [0.3, 0.4) is 0 Å². The van der Waals surface area contributed by atoms with Crippen molar-refractivity contribution in [3.63, 3.8) is 0 Å². The molecule has 0 atom stereocenters. The Morgan fingerprint density at radius 2 is 2.32 bits per heavy atom. The Hall–Kier alpha value is -1.82. The van der Waals surface area contributed by atoms with E-state index in [-0.39, 0.29) is 30.9 Å². The number of benzene rings is 1. The summed E-state index contributed by atoms with van der Waals surface area (Å²) in [6.07, 6.45) is 1.88. The van der Waals surface area contributed by atoms with Crippen LogP contribution in [0.5, 0.6) is 5.75 Å². The predicted molar refractivity (Wildman–Crippen MR) is 68.8 cm³/mol. The van der Waals surface area contributed by atoms with Crippen LogP contribution in [-0.2, 0) is 0 Å². The normalized spacial score (nSPS) is 14.1. The SMILES string of the molecule is COc1ccc(F)cc1NC(=O)N(CCO)C1CC1. The van der Waals surface area contributed by atoms with Gasteiger partial charge in [-0.05, 0) is 25.0 Å². The summed E-state index contributed by atoms with van der Waals surface area (Å²) in [6.45, 7) is 0.179. The number of rotatable bonds is 5. The number of methoxy groups -OCH3 is 1. The molecule has 1 aromatic rings. The molecule has 2 rings (SSSR count). The quantitative estimate of drug-likeness (QED) is 0.856. The van der Waals surface area contributed by atoms with Gasteiger partial charge in [-0.15, -0.1) is 0 Å². The van der Waals surface area contributed by atoms with Gasteiger partial charge in [-0.1, -0.05) is 0 Å². The average Bonchev–Trinajstić information content (AvgIpc) is 3.20. The van der Waals surface area contributed by atoms with Crippen molar-refractivity contribution < 1.29 is 19.0 Å². The van der Waals surface area contributed by atoms with Gasteiger partial charge < -0.3 is 20.1 Å². The smallest absolute Gasteiger partial charge is 0.322 e. The fourth-order valence-electron chi connectivity index (χ4n) is 1.91. The fraction of sp³-hybridized carbons (Fsp3) is 0.462. The van der Waals surface area contributed by atoms with Crippen molar-refractivity contribution in [3.8, 4) is 5.75 Å². The molecule has 104 valence electrons. The highest BCUT2D eigenvalue weighted by molar-refractivity contribution is 5.91. The van der Waals surface area contributed by atoms with Crippen molar-refractivity contribution in [2.24, 2.45) is 0 Å². The number of hydrogen-bond acceptors (Lipinski definition) is 3. The molecule has 0 aliphatic heterocycles. The largest absolute Gasteiger partial charge is 0.495 e. The summed E-state index contributed by atoms with van der Waals surface area (Å²) in [6, 6.07) is 3.76. The molecule has 19 heavy (non-hydrogen) atoms. The summed E-state index contributed by atoms with van der Waals surface area (Å²) in [5.41, 5.74) is 0.288. The minimum Gasteiger partial charge on any atom is -0.495 e. The minimum absolute atomic E-state index is 0.0930. The van der Waals surface area contributed by atoms with Crippen LogP contribution in [0.4, 0.5) is 14.9 Å². The molecular weight excluding hydrogens is 251 g/mol. The maximum Gasteiger partial charge on any atom is 0.322 e. The molecule has 0 bridgehead atoms. The molecule has 1 aliphatic rings. The lowest BCUT2D eigenvalue weighted by molar-refractivity contribution is 0.185. The van der Waals surface area contributed by atoms with Crippen LogP contribution in [0.15, 0.2) is 18.2 Å². The Kier molecular flexibility index (Phi) is 4.21. The summed E-state index contributed by atoms with van der Waals surface area (Å²) in [7, 11) is 1.45. The van der Waals surface area contributed by atoms with Crippen molar-refractivity contribution in [3.05, 3.63) is 24.0 Å². The van der Waals surface area contributed by atoms with E-state index in [1.165, 1.54) is 25.3 Å². The van der Waals surface area contributed by atoms with Gasteiger partial charge >= 0.3 is 6.03 Å². The molecule has 1 fully saturated rings. The van der Waals surface area contributed by atoms with E-state index in [9.17, 15) is 9.18 Å². The molecule has 1 aliphatic carbocycles. The number of aliphatic hydroxyl groups excluding tert-OH is 1. The molecule has 0 spiro atoms. The molecule has 6 heteroatoms. The molecule has 0 heterocycles. The molecule has 1 aromatic carbocycles. The summed E-state index contributed by atoms with van der Waals surface area (Å²) >= 11 is 0. The summed E-state index contributed by atoms with van der Waals surface area (Å²) in [5, 5.41) is 11.6. The van der Waals surface area contributed by atoms with Crippen molar-refractivity contribution in [1.29, 1.82) is 0 Å². The Morgan fingerprint density at radius 1 is 1.58 bits per heavy atom. The number of nitrogens with one attached hydrogen (secondary N) is 1. The second-order valence-corrected chi connectivity index (χ2v) is 4.42. The number of carbonyl (C=O) groups is 1. The monoisotopic (exact) mass is 268 g/mol. The molecule has 0 aromatic heterocycles. The number of nitrogens with zero attached hydrogens (tertiary/aromatic N) is 1. The van der Waals surface area contributed by atoms with E-state index in [4.69, 9.17) is 9.84 Å². The van der Waals surface area contributed by atoms with Crippen molar-refractivity contribution in [1.82, 2.24) is 4.90 Å². The number of hydrogen-bond donors (Lipinski definition) is 2. The van der Waals surface area contributed by atoms with Crippen LogP contribution >= 0.6 is 0 Å². The van der Waals surface area contributed by atoms with E-state index in [1.54, 1.807) is 4.90 Å². The maximum absolute atomic E-state index is 13.2. The summed E-state index contributed by atoms with van der Waals surface area (Å²) < 4.78 is 18.3. The Bertz CT molecular complexity index is 463. The molecule has 0 saturated heterocycles. The Balaban J connectivity index is 2.10. The molecule has 0 radical (unpaired) electrons. The fourth-order valence-corrected chi connectivity index (χ4v) is 1.91. The summed E-state index contributed by atoms with van der Waals surface area (Å²) in [5.74, 6) is -0.0503. The van der Waals surface area contributed by atoms with Gasteiger partial charge in [0, 0.05) is 18.7 Å². The molecule has 1 saturated carbocycles. The van der Waals surface area contributed by atoms with Gasteiger partial charge in [0.2, 0.25) is 0 Å². The highest BCUT2D eigenvalue weighted by atomic mass is 19.1. The standard InChI is InChI=1S/C13H17FN2O3/c1-19-12-5-2-9(14)8-11(12)15-13(18)16(6-7-17)10-3-4-10/h2,5,8,10,17H,3-4,6-7H2,1H3,(H,15,18). The van der Waals surface area contributed by atoms with E-state index in [2.05, 4.69) is 5.32 Å². The van der Waals surface area contributed by atoms with Gasteiger partial charge in [-0.3, -0.25) is 0 Å². The van der Waals surface area contributed by atoms with Gasteiger partial charge in [0.05, 0.1) is 19.4 Å². The zero-order valence-corrected chi connectivity index (χ0v) is 10.7. The number of carbonyl (C=O) groups excluding carboxylic acids is 1. The lowest BCUT2D eigenvalue weighted by atomic mass is 10.3. The first kappa shape index (κ1) is 13.6. The average molecular weight is 268 g/mol. The molecule has 5 nitrogen and oxygen atoms in total. The number of halogens is 1. The van der Waals surface area contributed by atoms with Crippen LogP contribution < -0.4 is 10.1 Å². The van der Waals surface area contributed by atoms with Crippen LogP contribution in [0.2, 0.25) is 0 Å². The van der Waals surface area contributed by atoms with Crippen molar-refractivity contribution >= 4 is 11.7 Å². The first-order valence-corrected chi connectivity index (χ1v) is 6.17. The number of amides is 2. The van der Waals surface area contributed by atoms with Crippen molar-refractivity contribution in [2.75, 3.05) is 25.6 Å². The second-order valence-electron chi connectivity index (χ2n) is 4.42. The van der Waals surface area contributed by atoms with E-state index in [1.807, 2.05) is 0 Å². The molecular formula is C13H17FN2O3. The van der Waals surface area contributed by atoms with Crippen LogP contribution in [0.25, 0.3) is 0 Å². The first-order valence-electron chi connectivity index (χ1n) is 6.17. The topological polar surface area (TPSA) is 61.8 Å². The Morgan fingerprint density at radius 3 is 2.89 bits per heavy atom. The minimum atomic E-state index is -0.448. The Labute approximate surface area is 111 Å². The number of ether oxygens (including phenoxy) is 1. The van der Waals surface area contributed by atoms with Gasteiger partial charge in [-0.2, -0.15) is 0 Å². The van der Waals surface area contributed by atoms with Gasteiger partial charge in [0.1, 0.15) is 11.6 Å². The van der Waals surface area contributed by atoms with Crippen molar-refractivity contribution in [2.45, 2.75) is 18.9 Å². The molecule has 0 unspecified atom stereocenters. The zero-order valence-electron chi connectivity index (χ0n) is 10.7. The second kappa shape index (κ2) is 5.88. The first-order chi connectivity index (χ1) is 9.15. The van der Waals surface area contributed by atoms with E-state index >= 15 is 0 Å². The van der Waals surface area contributed by atoms with Gasteiger partial charge in [0.25, 0.3) is 0 Å². The number of aliphatic hydroxyl groups is 1. The molecule has 2 N–H and O–H groups in total. The maximum atomic E-state index is 13.2. The highest BCUT2D eigenvalue weighted by Crippen LogP contribution is 2.29. The third kappa shape index (κ3) is 3.35. The van der Waals surface area contributed by atoms with Gasteiger partial charge in [0.15, 0.2) is 0 Å². The molecule has 2 amide bonds. The van der Waals surface area contributed by atoms with E-state index < -0.39 is 5.82 Å². The van der Waals surface area contributed by atoms with Crippen LogP contribution in [0.1, 0.15) is 12.8 Å². The number of urea groups is 1. The van der Waals surface area contributed by atoms with E-state index in [0.717, 1.165) is 12.8 Å². The highest BCUT2D eigenvalue weighted by Gasteiger charge is 2.32. The summed E-state index contributed by atoms with van der Waals surface area (Å²) in [4.78, 5) is 13.6. The zero-order chi connectivity index (χ0) is 13.8. The predicted octanol–water partition coefficient (Wildman–Crippen LogP) is 1.82. The lowest BCUT2D eigenvalue weighted by Crippen LogP contribution is -2.38. The van der Waals surface area contributed by atoms with Crippen LogP contribution in [0, 0.1) is 5.82 Å². The van der Waals surface area contributed by atoms with Crippen LogP contribution in [-0.4, -0.2) is 42.3 Å². The third-order valence-corrected chi connectivity index (χ3v) is 2.99. The van der Waals surface area contributed by atoms with E-state index in [0.29, 0.717) is 5.75 Å². The lowest BCUT2D eigenvalue weighted by Gasteiger charge is -2.22.